The minimum absolute atomic E-state index is 0. The van der Waals surface area contributed by atoms with Crippen molar-refractivity contribution in [3.63, 3.8) is 0 Å². The molecule has 1 aromatic rings. The topological polar surface area (TPSA) is 79.9 Å². The summed E-state index contributed by atoms with van der Waals surface area (Å²) in [6, 6.07) is 5.96. The summed E-state index contributed by atoms with van der Waals surface area (Å²) in [6.45, 7) is 2.93. The summed E-state index contributed by atoms with van der Waals surface area (Å²) in [6.07, 6.45) is 3.10. The normalized spacial score (nSPS) is 21.8. The molecule has 0 saturated carbocycles. The number of halogens is 1. The third-order valence-electron chi connectivity index (χ3n) is 5.35. The molecule has 3 rings (SSSR count). The van der Waals surface area contributed by atoms with Crippen molar-refractivity contribution in [2.75, 3.05) is 40.4 Å². The molecular formula is C20H30ClN3O4. The van der Waals surface area contributed by atoms with Crippen LogP contribution < -0.4 is 20.1 Å². The molecule has 8 heteroatoms. The number of carbonyl (C=O) groups excluding carboxylic acids is 2. The Labute approximate surface area is 172 Å². The molecule has 2 N–H and O–H groups in total. The van der Waals surface area contributed by atoms with Crippen molar-refractivity contribution in [3.8, 4) is 11.5 Å². The number of likely N-dealkylation sites (tertiary alicyclic amines) is 1. The second-order valence-electron chi connectivity index (χ2n) is 7.23. The molecule has 2 atom stereocenters. The van der Waals surface area contributed by atoms with E-state index in [2.05, 4.69) is 10.6 Å². The summed E-state index contributed by atoms with van der Waals surface area (Å²) in [4.78, 5) is 26.6. The molecule has 7 nitrogen and oxygen atoms in total. The van der Waals surface area contributed by atoms with Crippen LogP contribution in [0.15, 0.2) is 18.2 Å². The van der Waals surface area contributed by atoms with Gasteiger partial charge in [-0.1, -0.05) is 6.07 Å². The average Bonchev–Trinajstić information content (AvgIpc) is 3.07. The lowest BCUT2D eigenvalue weighted by Gasteiger charge is -2.25. The van der Waals surface area contributed by atoms with E-state index in [0.29, 0.717) is 37.4 Å². The van der Waals surface area contributed by atoms with Gasteiger partial charge < -0.3 is 25.0 Å². The Morgan fingerprint density at radius 3 is 2.75 bits per heavy atom. The first kappa shape index (κ1) is 22.3. The Morgan fingerprint density at radius 2 is 2.07 bits per heavy atom. The lowest BCUT2D eigenvalue weighted by atomic mass is 10.0. The zero-order chi connectivity index (χ0) is 19.2. The number of nitrogens with zero attached hydrogens (tertiary/aromatic N) is 1. The van der Waals surface area contributed by atoms with Crippen molar-refractivity contribution in [2.45, 2.75) is 31.7 Å². The number of hydrogen-bond acceptors (Lipinski definition) is 5. The van der Waals surface area contributed by atoms with E-state index in [0.717, 1.165) is 31.5 Å². The van der Waals surface area contributed by atoms with Crippen LogP contribution in [0.5, 0.6) is 11.5 Å². The van der Waals surface area contributed by atoms with Crippen LogP contribution in [0, 0.1) is 5.92 Å². The van der Waals surface area contributed by atoms with E-state index in [1.807, 2.05) is 18.2 Å². The highest BCUT2D eigenvalue weighted by Crippen LogP contribution is 2.28. The highest BCUT2D eigenvalue weighted by molar-refractivity contribution is 5.89. The van der Waals surface area contributed by atoms with E-state index in [9.17, 15) is 9.59 Å². The largest absolute Gasteiger partial charge is 0.493 e. The number of amides is 2. The van der Waals surface area contributed by atoms with E-state index < -0.39 is 0 Å². The van der Waals surface area contributed by atoms with Gasteiger partial charge >= 0.3 is 0 Å². The third kappa shape index (κ3) is 5.52. The molecule has 2 aliphatic heterocycles. The summed E-state index contributed by atoms with van der Waals surface area (Å²) in [5, 5.41) is 6.39. The second-order valence-corrected chi connectivity index (χ2v) is 7.23. The number of nitrogens with one attached hydrogen (secondary N) is 2. The summed E-state index contributed by atoms with van der Waals surface area (Å²) < 4.78 is 10.6. The quantitative estimate of drug-likeness (QED) is 0.708. The first-order valence-corrected chi connectivity index (χ1v) is 9.60. The maximum absolute atomic E-state index is 12.5. The van der Waals surface area contributed by atoms with Gasteiger partial charge in [-0.3, -0.25) is 9.59 Å². The molecule has 0 spiro atoms. The molecule has 0 bridgehead atoms. The first-order chi connectivity index (χ1) is 13.1. The molecule has 2 aliphatic rings. The van der Waals surface area contributed by atoms with Gasteiger partial charge in [0, 0.05) is 32.1 Å². The van der Waals surface area contributed by atoms with E-state index in [1.165, 1.54) is 0 Å². The predicted octanol–water partition coefficient (Wildman–Crippen LogP) is 1.38. The van der Waals surface area contributed by atoms with Gasteiger partial charge in [0.2, 0.25) is 11.8 Å². The molecule has 28 heavy (non-hydrogen) atoms. The molecule has 2 unspecified atom stereocenters. The van der Waals surface area contributed by atoms with Crippen LogP contribution in [-0.2, 0) is 16.0 Å². The molecule has 0 aliphatic carbocycles. The summed E-state index contributed by atoms with van der Waals surface area (Å²) >= 11 is 0. The van der Waals surface area contributed by atoms with Crippen molar-refractivity contribution in [1.29, 1.82) is 0 Å². The molecule has 0 aromatic heterocycles. The van der Waals surface area contributed by atoms with Crippen LogP contribution in [0.25, 0.3) is 0 Å². The zero-order valence-corrected chi connectivity index (χ0v) is 17.3. The van der Waals surface area contributed by atoms with Crippen molar-refractivity contribution in [1.82, 2.24) is 15.5 Å². The number of ether oxygens (including phenoxy) is 2. The van der Waals surface area contributed by atoms with E-state index in [-0.39, 0.29) is 36.2 Å². The van der Waals surface area contributed by atoms with Gasteiger partial charge in [0.15, 0.2) is 11.5 Å². The number of hydrogen-bond donors (Lipinski definition) is 2. The fourth-order valence-corrected chi connectivity index (χ4v) is 3.76. The molecular weight excluding hydrogens is 382 g/mol. The highest BCUT2D eigenvalue weighted by atomic mass is 35.5. The second kappa shape index (κ2) is 10.5. The van der Waals surface area contributed by atoms with Gasteiger partial charge in [0.05, 0.1) is 20.1 Å². The lowest BCUT2D eigenvalue weighted by molar-refractivity contribution is -0.129. The number of carbonyl (C=O) groups is 2. The van der Waals surface area contributed by atoms with E-state index >= 15 is 0 Å². The number of benzene rings is 1. The van der Waals surface area contributed by atoms with Crippen LogP contribution in [0.1, 0.15) is 24.8 Å². The van der Waals surface area contributed by atoms with Crippen LogP contribution in [0.2, 0.25) is 0 Å². The summed E-state index contributed by atoms with van der Waals surface area (Å²) in [7, 11) is 3.21. The van der Waals surface area contributed by atoms with Gasteiger partial charge in [-0.15, -0.1) is 12.4 Å². The van der Waals surface area contributed by atoms with E-state index in [4.69, 9.17) is 9.47 Å². The molecule has 2 amide bonds. The predicted molar refractivity (Wildman–Crippen MR) is 109 cm³/mol. The van der Waals surface area contributed by atoms with Gasteiger partial charge in [0.25, 0.3) is 0 Å². The van der Waals surface area contributed by atoms with Crippen molar-refractivity contribution >= 4 is 24.2 Å². The van der Waals surface area contributed by atoms with Crippen LogP contribution in [0.3, 0.4) is 0 Å². The molecule has 156 valence electrons. The minimum Gasteiger partial charge on any atom is -0.493 e. The van der Waals surface area contributed by atoms with Crippen LogP contribution in [-0.4, -0.2) is 63.2 Å². The Balaban J connectivity index is 0.00000280. The fourth-order valence-electron chi connectivity index (χ4n) is 3.76. The molecule has 2 fully saturated rings. The number of rotatable bonds is 7. The third-order valence-corrected chi connectivity index (χ3v) is 5.35. The van der Waals surface area contributed by atoms with Crippen molar-refractivity contribution in [3.05, 3.63) is 23.8 Å². The fraction of sp³-hybridized carbons (Fsp3) is 0.600. The van der Waals surface area contributed by atoms with Crippen molar-refractivity contribution in [2.24, 2.45) is 5.92 Å². The van der Waals surface area contributed by atoms with Gasteiger partial charge in [-0.05, 0) is 43.5 Å². The van der Waals surface area contributed by atoms with Gasteiger partial charge in [0.1, 0.15) is 0 Å². The minimum atomic E-state index is -0.246. The molecule has 2 saturated heterocycles. The monoisotopic (exact) mass is 411 g/mol. The van der Waals surface area contributed by atoms with E-state index in [1.54, 1.807) is 19.1 Å². The first-order valence-electron chi connectivity index (χ1n) is 9.60. The number of methoxy groups -OCH3 is 2. The Bertz CT molecular complexity index is 679. The summed E-state index contributed by atoms with van der Waals surface area (Å²) in [5.74, 6) is 1.18. The lowest BCUT2D eigenvalue weighted by Crippen LogP contribution is -2.47. The SMILES string of the molecule is COc1ccc(CCN2CC(C(=O)NC3CCCNC3)CC2=O)cc1OC.Cl. The standard InChI is InChI=1S/C20H29N3O4.ClH/c1-26-17-6-5-14(10-18(17)27-2)7-9-23-13-15(11-19(23)24)20(25)22-16-4-3-8-21-12-16;/h5-6,10,15-16,21H,3-4,7-9,11-13H2,1-2H3,(H,22,25);1H. The van der Waals surface area contributed by atoms with Crippen LogP contribution in [0.4, 0.5) is 0 Å². The number of piperidine rings is 1. The smallest absolute Gasteiger partial charge is 0.225 e. The van der Waals surface area contributed by atoms with Crippen molar-refractivity contribution < 1.29 is 19.1 Å². The molecule has 0 radical (unpaired) electrons. The van der Waals surface area contributed by atoms with Gasteiger partial charge in [-0.2, -0.15) is 0 Å². The highest BCUT2D eigenvalue weighted by Gasteiger charge is 2.34. The summed E-state index contributed by atoms with van der Waals surface area (Å²) in [5.41, 5.74) is 1.07. The molecule has 2 heterocycles. The van der Waals surface area contributed by atoms with Crippen LogP contribution >= 0.6 is 12.4 Å². The Morgan fingerprint density at radius 1 is 1.29 bits per heavy atom. The Kier molecular flexibility index (Phi) is 8.38. The maximum Gasteiger partial charge on any atom is 0.225 e. The molecule has 1 aromatic carbocycles. The Hall–Kier alpha value is -1.99. The zero-order valence-electron chi connectivity index (χ0n) is 16.5. The van der Waals surface area contributed by atoms with Gasteiger partial charge in [-0.25, -0.2) is 0 Å². The maximum atomic E-state index is 12.5. The average molecular weight is 412 g/mol.